The summed E-state index contributed by atoms with van der Waals surface area (Å²) in [6, 6.07) is 9.34. The molecule has 1 unspecified atom stereocenters. The number of anilines is 1. The molecule has 16 heavy (non-hydrogen) atoms. The lowest BCUT2D eigenvalue weighted by Gasteiger charge is -2.17. The van der Waals surface area contributed by atoms with Crippen LogP contribution in [-0.4, -0.2) is 11.0 Å². The molecule has 0 aliphatic heterocycles. The molecule has 0 radical (unpaired) electrons. The molecule has 2 N–H and O–H groups in total. The lowest BCUT2D eigenvalue weighted by Crippen LogP contribution is -2.20. The summed E-state index contributed by atoms with van der Waals surface area (Å²) in [6.07, 6.45) is 6.01. The molecule has 1 aliphatic rings. The maximum absolute atomic E-state index is 3.66. The average molecular weight is 214 g/mol. The highest BCUT2D eigenvalue weighted by atomic mass is 14.9. The Morgan fingerprint density at radius 3 is 3.00 bits per heavy atom. The van der Waals surface area contributed by atoms with E-state index in [-0.39, 0.29) is 0 Å². The summed E-state index contributed by atoms with van der Waals surface area (Å²) in [5.41, 5.74) is 2.47. The standard InChI is InChI=1S/C14H18N2/c1-2-13(10-3-4-10)16-12-5-6-14-11(9-12)7-8-15-14/h5-10,13,15-16H,2-4H2,1H3. The molecular weight excluding hydrogens is 196 g/mol. The van der Waals surface area contributed by atoms with Crippen molar-refractivity contribution in [2.45, 2.75) is 32.2 Å². The Morgan fingerprint density at radius 1 is 1.38 bits per heavy atom. The summed E-state index contributed by atoms with van der Waals surface area (Å²) < 4.78 is 0. The van der Waals surface area contributed by atoms with Crippen molar-refractivity contribution in [1.82, 2.24) is 4.98 Å². The third-order valence-corrected chi connectivity index (χ3v) is 3.54. The minimum absolute atomic E-state index is 0.663. The highest BCUT2D eigenvalue weighted by Gasteiger charge is 2.29. The summed E-state index contributed by atoms with van der Waals surface area (Å²) in [5, 5.41) is 4.95. The summed E-state index contributed by atoms with van der Waals surface area (Å²) in [4.78, 5) is 3.22. The molecule has 1 fully saturated rings. The van der Waals surface area contributed by atoms with Gasteiger partial charge in [0, 0.05) is 28.8 Å². The molecule has 0 spiro atoms. The highest BCUT2D eigenvalue weighted by molar-refractivity contribution is 5.83. The minimum Gasteiger partial charge on any atom is -0.382 e. The molecule has 1 aromatic carbocycles. The fourth-order valence-corrected chi connectivity index (χ4v) is 2.41. The van der Waals surface area contributed by atoms with Gasteiger partial charge in [-0.05, 0) is 49.4 Å². The highest BCUT2D eigenvalue weighted by Crippen LogP contribution is 2.35. The van der Waals surface area contributed by atoms with E-state index in [1.807, 2.05) is 6.20 Å². The SMILES string of the molecule is CCC(Nc1ccc2[nH]ccc2c1)C1CC1. The third kappa shape index (κ3) is 1.80. The van der Waals surface area contributed by atoms with E-state index in [4.69, 9.17) is 0 Å². The lowest BCUT2D eigenvalue weighted by molar-refractivity contribution is 0.617. The Labute approximate surface area is 96.1 Å². The van der Waals surface area contributed by atoms with Crippen molar-refractivity contribution in [2.24, 2.45) is 5.92 Å². The quantitative estimate of drug-likeness (QED) is 0.796. The van der Waals surface area contributed by atoms with Gasteiger partial charge in [0.05, 0.1) is 0 Å². The molecule has 2 aromatic rings. The normalized spacial score (nSPS) is 17.6. The van der Waals surface area contributed by atoms with Gasteiger partial charge in [-0.1, -0.05) is 6.92 Å². The van der Waals surface area contributed by atoms with Gasteiger partial charge in [-0.15, -0.1) is 0 Å². The van der Waals surface area contributed by atoms with Gasteiger partial charge >= 0.3 is 0 Å². The van der Waals surface area contributed by atoms with E-state index >= 15 is 0 Å². The van der Waals surface area contributed by atoms with Gasteiger partial charge in [-0.2, -0.15) is 0 Å². The largest absolute Gasteiger partial charge is 0.382 e. The third-order valence-electron chi connectivity index (χ3n) is 3.54. The van der Waals surface area contributed by atoms with E-state index in [1.165, 1.54) is 35.9 Å². The Kier molecular flexibility index (Phi) is 2.35. The first-order chi connectivity index (χ1) is 7.86. The first kappa shape index (κ1) is 9.76. The zero-order valence-corrected chi connectivity index (χ0v) is 9.66. The smallest absolute Gasteiger partial charge is 0.0455 e. The van der Waals surface area contributed by atoms with E-state index in [1.54, 1.807) is 0 Å². The van der Waals surface area contributed by atoms with Crippen molar-refractivity contribution in [1.29, 1.82) is 0 Å². The van der Waals surface area contributed by atoms with Crippen LogP contribution in [0.2, 0.25) is 0 Å². The number of aromatic nitrogens is 1. The zero-order valence-electron chi connectivity index (χ0n) is 9.66. The predicted octanol–water partition coefficient (Wildman–Crippen LogP) is 3.77. The van der Waals surface area contributed by atoms with Crippen LogP contribution in [0.25, 0.3) is 10.9 Å². The number of fused-ring (bicyclic) bond motifs is 1. The molecule has 0 saturated heterocycles. The van der Waals surface area contributed by atoms with Crippen LogP contribution in [0.1, 0.15) is 26.2 Å². The number of hydrogen-bond acceptors (Lipinski definition) is 1. The molecule has 1 saturated carbocycles. The topological polar surface area (TPSA) is 27.8 Å². The molecule has 0 amide bonds. The molecule has 1 aromatic heterocycles. The summed E-state index contributed by atoms with van der Waals surface area (Å²) in [7, 11) is 0. The number of H-pyrrole nitrogens is 1. The Bertz CT molecular complexity index is 482. The van der Waals surface area contributed by atoms with E-state index < -0.39 is 0 Å². The summed E-state index contributed by atoms with van der Waals surface area (Å²) >= 11 is 0. The Morgan fingerprint density at radius 2 is 2.25 bits per heavy atom. The van der Waals surface area contributed by atoms with E-state index in [2.05, 4.69) is 41.5 Å². The maximum atomic E-state index is 3.66. The van der Waals surface area contributed by atoms with E-state index in [9.17, 15) is 0 Å². The fourth-order valence-electron chi connectivity index (χ4n) is 2.41. The first-order valence-corrected chi connectivity index (χ1v) is 6.20. The molecular formula is C14H18N2. The minimum atomic E-state index is 0.663. The van der Waals surface area contributed by atoms with Crippen LogP contribution in [0.4, 0.5) is 5.69 Å². The molecule has 1 aliphatic carbocycles. The molecule has 0 bridgehead atoms. The van der Waals surface area contributed by atoms with Crippen LogP contribution in [-0.2, 0) is 0 Å². The Balaban J connectivity index is 1.81. The monoisotopic (exact) mass is 214 g/mol. The molecule has 2 heteroatoms. The first-order valence-electron chi connectivity index (χ1n) is 6.20. The van der Waals surface area contributed by atoms with Gasteiger partial charge in [-0.25, -0.2) is 0 Å². The number of aromatic amines is 1. The molecule has 2 nitrogen and oxygen atoms in total. The van der Waals surface area contributed by atoms with Gasteiger partial charge in [0.1, 0.15) is 0 Å². The predicted molar refractivity (Wildman–Crippen MR) is 68.7 cm³/mol. The number of nitrogens with one attached hydrogen (secondary N) is 2. The van der Waals surface area contributed by atoms with Crippen molar-refractivity contribution < 1.29 is 0 Å². The molecule has 1 atom stereocenters. The fraction of sp³-hybridized carbons (Fsp3) is 0.429. The van der Waals surface area contributed by atoms with Crippen LogP contribution in [0.5, 0.6) is 0 Å². The second-order valence-corrected chi connectivity index (χ2v) is 4.78. The molecule has 1 heterocycles. The summed E-state index contributed by atoms with van der Waals surface area (Å²) in [6.45, 7) is 2.27. The number of benzene rings is 1. The van der Waals surface area contributed by atoms with Gasteiger partial charge in [0.15, 0.2) is 0 Å². The average Bonchev–Trinajstić information content (AvgIpc) is 3.04. The molecule has 84 valence electrons. The van der Waals surface area contributed by atoms with Crippen molar-refractivity contribution in [2.75, 3.05) is 5.32 Å². The van der Waals surface area contributed by atoms with E-state index in [0.29, 0.717) is 6.04 Å². The molecule has 3 rings (SSSR count). The number of hydrogen-bond donors (Lipinski definition) is 2. The van der Waals surface area contributed by atoms with Crippen LogP contribution in [0.3, 0.4) is 0 Å². The van der Waals surface area contributed by atoms with Crippen LogP contribution in [0.15, 0.2) is 30.5 Å². The van der Waals surface area contributed by atoms with E-state index in [0.717, 1.165) is 5.92 Å². The van der Waals surface area contributed by atoms with Gasteiger partial charge in [0.2, 0.25) is 0 Å². The van der Waals surface area contributed by atoms with Gasteiger partial charge < -0.3 is 10.3 Å². The second kappa shape index (κ2) is 3.85. The maximum Gasteiger partial charge on any atom is 0.0455 e. The summed E-state index contributed by atoms with van der Waals surface area (Å²) in [5.74, 6) is 0.909. The van der Waals surface area contributed by atoms with Crippen molar-refractivity contribution in [3.8, 4) is 0 Å². The number of rotatable bonds is 4. The van der Waals surface area contributed by atoms with Crippen LogP contribution in [0, 0.1) is 5.92 Å². The van der Waals surface area contributed by atoms with Gasteiger partial charge in [0.25, 0.3) is 0 Å². The van der Waals surface area contributed by atoms with Crippen molar-refractivity contribution in [3.63, 3.8) is 0 Å². The van der Waals surface area contributed by atoms with Crippen LogP contribution < -0.4 is 5.32 Å². The van der Waals surface area contributed by atoms with Gasteiger partial charge in [-0.3, -0.25) is 0 Å². The Hall–Kier alpha value is -1.44. The zero-order chi connectivity index (χ0) is 11.0. The van der Waals surface area contributed by atoms with Crippen LogP contribution >= 0.6 is 0 Å². The lowest BCUT2D eigenvalue weighted by atomic mass is 10.1. The van der Waals surface area contributed by atoms with Crippen molar-refractivity contribution >= 4 is 16.6 Å². The van der Waals surface area contributed by atoms with Crippen molar-refractivity contribution in [3.05, 3.63) is 30.5 Å². The second-order valence-electron chi connectivity index (χ2n) is 4.78.